The van der Waals surface area contributed by atoms with Gasteiger partial charge in [0, 0.05) is 6.07 Å². The molecule has 2 aromatic rings. The highest BCUT2D eigenvalue weighted by Gasteiger charge is 1.99. The lowest BCUT2D eigenvalue weighted by Gasteiger charge is -2.09. The predicted molar refractivity (Wildman–Crippen MR) is 95.4 cm³/mol. The highest BCUT2D eigenvalue weighted by molar-refractivity contribution is 5.33. The first-order valence-electron chi connectivity index (χ1n) is 8.53. The van der Waals surface area contributed by atoms with Crippen molar-refractivity contribution in [1.82, 2.24) is 0 Å². The Morgan fingerprint density at radius 2 is 1.04 bits per heavy atom. The first-order chi connectivity index (χ1) is 11.8. The van der Waals surface area contributed by atoms with Crippen LogP contribution in [0.15, 0.2) is 48.5 Å². The minimum absolute atomic E-state index is 0.659. The van der Waals surface area contributed by atoms with E-state index in [-0.39, 0.29) is 0 Å². The molecule has 0 spiro atoms. The second-order valence-electron chi connectivity index (χ2n) is 5.22. The summed E-state index contributed by atoms with van der Waals surface area (Å²) in [5.74, 6) is 3.42. The number of rotatable bonds is 11. The molecule has 0 radical (unpaired) electrons. The Hall–Kier alpha value is -2.36. The third kappa shape index (κ3) is 6.41. The molecule has 0 unspecified atom stereocenters. The topological polar surface area (TPSA) is 36.9 Å². The zero-order chi connectivity index (χ0) is 17.0. The van der Waals surface area contributed by atoms with E-state index in [0.29, 0.717) is 26.4 Å². The van der Waals surface area contributed by atoms with E-state index in [9.17, 15) is 0 Å². The molecule has 4 nitrogen and oxygen atoms in total. The molecule has 0 atom stereocenters. The SMILES string of the molecule is CCOc1ccc(OCCCCOc2cccc(OCC)c2)cc1. The second kappa shape index (κ2) is 10.4. The Bertz CT molecular complexity index is 580. The Morgan fingerprint density at radius 1 is 0.583 bits per heavy atom. The monoisotopic (exact) mass is 330 g/mol. The lowest BCUT2D eigenvalue weighted by atomic mass is 10.3. The number of ether oxygens (including phenoxy) is 4. The number of hydrogen-bond acceptors (Lipinski definition) is 4. The quantitative estimate of drug-likeness (QED) is 0.559. The lowest BCUT2D eigenvalue weighted by molar-refractivity contribution is 0.264. The van der Waals surface area contributed by atoms with Gasteiger partial charge in [0.2, 0.25) is 0 Å². The van der Waals surface area contributed by atoms with Gasteiger partial charge in [0.15, 0.2) is 0 Å². The van der Waals surface area contributed by atoms with Crippen LogP contribution in [0.5, 0.6) is 23.0 Å². The van der Waals surface area contributed by atoms with E-state index in [1.165, 1.54) is 0 Å². The van der Waals surface area contributed by atoms with Crippen LogP contribution in [0.2, 0.25) is 0 Å². The molecule has 4 heteroatoms. The zero-order valence-electron chi connectivity index (χ0n) is 14.5. The second-order valence-corrected chi connectivity index (χ2v) is 5.22. The van der Waals surface area contributed by atoms with Crippen LogP contribution < -0.4 is 18.9 Å². The molecular formula is C20H26O4. The number of benzene rings is 2. The van der Waals surface area contributed by atoms with Crippen molar-refractivity contribution in [3.8, 4) is 23.0 Å². The van der Waals surface area contributed by atoms with Crippen molar-refractivity contribution in [3.05, 3.63) is 48.5 Å². The van der Waals surface area contributed by atoms with E-state index in [4.69, 9.17) is 18.9 Å². The number of unbranched alkanes of at least 4 members (excludes halogenated alkanes) is 1. The third-order valence-electron chi connectivity index (χ3n) is 3.33. The van der Waals surface area contributed by atoms with E-state index in [1.54, 1.807) is 0 Å². The van der Waals surface area contributed by atoms with Crippen molar-refractivity contribution in [1.29, 1.82) is 0 Å². The molecule has 0 aliphatic heterocycles. The third-order valence-corrected chi connectivity index (χ3v) is 3.33. The summed E-state index contributed by atoms with van der Waals surface area (Å²) in [7, 11) is 0. The average molecular weight is 330 g/mol. The van der Waals surface area contributed by atoms with E-state index in [0.717, 1.165) is 35.8 Å². The van der Waals surface area contributed by atoms with Crippen LogP contribution in [-0.2, 0) is 0 Å². The van der Waals surface area contributed by atoms with E-state index in [2.05, 4.69) is 0 Å². The van der Waals surface area contributed by atoms with Gasteiger partial charge in [-0.25, -0.2) is 0 Å². The Kier molecular flexibility index (Phi) is 7.81. The molecule has 0 aliphatic rings. The van der Waals surface area contributed by atoms with Crippen LogP contribution in [0.4, 0.5) is 0 Å². The molecule has 0 amide bonds. The van der Waals surface area contributed by atoms with Gasteiger partial charge >= 0.3 is 0 Å². The van der Waals surface area contributed by atoms with Crippen molar-refractivity contribution in [2.24, 2.45) is 0 Å². The fraction of sp³-hybridized carbons (Fsp3) is 0.400. The van der Waals surface area contributed by atoms with Gasteiger partial charge in [0.1, 0.15) is 23.0 Å². The summed E-state index contributed by atoms with van der Waals surface area (Å²) in [6.45, 7) is 6.62. The van der Waals surface area contributed by atoms with Gasteiger partial charge in [-0.2, -0.15) is 0 Å². The maximum atomic E-state index is 5.74. The Morgan fingerprint density at radius 3 is 1.62 bits per heavy atom. The molecule has 0 N–H and O–H groups in total. The zero-order valence-corrected chi connectivity index (χ0v) is 14.5. The highest BCUT2D eigenvalue weighted by atomic mass is 16.5. The smallest absolute Gasteiger partial charge is 0.122 e. The van der Waals surface area contributed by atoms with Gasteiger partial charge in [0.05, 0.1) is 26.4 Å². The van der Waals surface area contributed by atoms with Crippen molar-refractivity contribution < 1.29 is 18.9 Å². The van der Waals surface area contributed by atoms with Crippen molar-refractivity contribution >= 4 is 0 Å². The molecule has 130 valence electrons. The van der Waals surface area contributed by atoms with Gasteiger partial charge in [-0.15, -0.1) is 0 Å². The van der Waals surface area contributed by atoms with E-state index in [1.807, 2.05) is 62.4 Å². The summed E-state index contributed by atoms with van der Waals surface area (Å²) in [4.78, 5) is 0. The van der Waals surface area contributed by atoms with Crippen molar-refractivity contribution in [2.75, 3.05) is 26.4 Å². The molecule has 0 bridgehead atoms. The Labute approximate surface area is 144 Å². The fourth-order valence-electron chi connectivity index (χ4n) is 2.20. The summed E-state index contributed by atoms with van der Waals surface area (Å²) in [6, 6.07) is 15.4. The highest BCUT2D eigenvalue weighted by Crippen LogP contribution is 2.20. The summed E-state index contributed by atoms with van der Waals surface area (Å²) in [5.41, 5.74) is 0. The van der Waals surface area contributed by atoms with Gasteiger partial charge in [0.25, 0.3) is 0 Å². The molecule has 2 rings (SSSR count). The summed E-state index contributed by atoms with van der Waals surface area (Å²) < 4.78 is 22.3. The summed E-state index contributed by atoms with van der Waals surface area (Å²) >= 11 is 0. The van der Waals surface area contributed by atoms with E-state index < -0.39 is 0 Å². The van der Waals surface area contributed by atoms with Crippen LogP contribution in [0, 0.1) is 0 Å². The summed E-state index contributed by atoms with van der Waals surface area (Å²) in [5, 5.41) is 0. The number of hydrogen-bond donors (Lipinski definition) is 0. The Balaban J connectivity index is 1.60. The van der Waals surface area contributed by atoms with Crippen LogP contribution in [0.1, 0.15) is 26.7 Å². The summed E-state index contributed by atoms with van der Waals surface area (Å²) in [6.07, 6.45) is 1.88. The minimum Gasteiger partial charge on any atom is -0.494 e. The van der Waals surface area contributed by atoms with Crippen LogP contribution >= 0.6 is 0 Å². The molecule has 2 aromatic carbocycles. The first-order valence-corrected chi connectivity index (χ1v) is 8.53. The molecule has 0 saturated carbocycles. The molecule has 0 fully saturated rings. The maximum Gasteiger partial charge on any atom is 0.122 e. The minimum atomic E-state index is 0.659. The molecule has 24 heavy (non-hydrogen) atoms. The maximum absolute atomic E-state index is 5.74. The van der Waals surface area contributed by atoms with Crippen LogP contribution in [0.25, 0.3) is 0 Å². The van der Waals surface area contributed by atoms with Gasteiger partial charge in [-0.3, -0.25) is 0 Å². The molecule has 0 heterocycles. The predicted octanol–water partition coefficient (Wildman–Crippen LogP) is 4.72. The molecule has 0 aromatic heterocycles. The normalized spacial score (nSPS) is 10.2. The molecule has 0 aliphatic carbocycles. The average Bonchev–Trinajstić information content (AvgIpc) is 2.60. The largest absolute Gasteiger partial charge is 0.494 e. The lowest BCUT2D eigenvalue weighted by Crippen LogP contribution is -2.03. The molecular weight excluding hydrogens is 304 g/mol. The van der Waals surface area contributed by atoms with Gasteiger partial charge < -0.3 is 18.9 Å². The standard InChI is InChI=1S/C20H26O4/c1-3-21-17-10-12-18(13-11-17)23-14-5-6-15-24-20-9-7-8-19(16-20)22-4-2/h7-13,16H,3-6,14-15H2,1-2H3. The molecule has 0 saturated heterocycles. The van der Waals surface area contributed by atoms with Crippen molar-refractivity contribution in [2.45, 2.75) is 26.7 Å². The fourth-order valence-corrected chi connectivity index (χ4v) is 2.20. The van der Waals surface area contributed by atoms with Gasteiger partial charge in [-0.05, 0) is 63.1 Å². The van der Waals surface area contributed by atoms with Crippen LogP contribution in [0.3, 0.4) is 0 Å². The van der Waals surface area contributed by atoms with Crippen molar-refractivity contribution in [3.63, 3.8) is 0 Å². The van der Waals surface area contributed by atoms with E-state index >= 15 is 0 Å². The van der Waals surface area contributed by atoms with Gasteiger partial charge in [-0.1, -0.05) is 6.07 Å². The van der Waals surface area contributed by atoms with Crippen LogP contribution in [-0.4, -0.2) is 26.4 Å². The first kappa shape index (κ1) is 18.0.